The molecule has 2 rings (SSSR count). The van der Waals surface area contributed by atoms with Crippen LogP contribution >= 0.6 is 24.0 Å². The molecule has 25 heavy (non-hydrogen) atoms. The second kappa shape index (κ2) is 10.2. The highest BCUT2D eigenvalue weighted by molar-refractivity contribution is 14.0. The van der Waals surface area contributed by atoms with Crippen LogP contribution in [0.1, 0.15) is 25.8 Å². The number of aliphatic imine (C=N–C) groups is 1. The number of nitrogens with zero attached hydrogens (tertiary/aromatic N) is 1. The monoisotopic (exact) mass is 481 g/mol. The van der Waals surface area contributed by atoms with Gasteiger partial charge in [0.05, 0.1) is 18.1 Å². The van der Waals surface area contributed by atoms with Crippen molar-refractivity contribution in [3.8, 4) is 5.75 Å². The molecule has 0 radical (unpaired) electrons. The molecule has 0 aliphatic carbocycles. The molecule has 0 aromatic heterocycles. The van der Waals surface area contributed by atoms with Crippen LogP contribution in [0, 0.1) is 6.92 Å². The maximum absolute atomic E-state index is 11.6. The number of nitrogens with one attached hydrogen (secondary N) is 2. The first-order valence-corrected chi connectivity index (χ1v) is 10.2. The van der Waals surface area contributed by atoms with E-state index in [1.54, 1.807) is 0 Å². The van der Waals surface area contributed by atoms with Gasteiger partial charge in [0.2, 0.25) is 0 Å². The van der Waals surface area contributed by atoms with Gasteiger partial charge in [-0.25, -0.2) is 13.4 Å². The summed E-state index contributed by atoms with van der Waals surface area (Å²) in [4.78, 5) is 4.52. The zero-order valence-electron chi connectivity index (χ0n) is 15.0. The van der Waals surface area contributed by atoms with Crippen LogP contribution in [0.15, 0.2) is 29.3 Å². The molecule has 1 aromatic rings. The maximum Gasteiger partial charge on any atom is 0.191 e. The summed E-state index contributed by atoms with van der Waals surface area (Å²) >= 11 is 0. The lowest BCUT2D eigenvalue weighted by Gasteiger charge is -2.18. The average molecular weight is 481 g/mol. The minimum atomic E-state index is -2.90. The second-order valence-electron chi connectivity index (χ2n) is 6.21. The van der Waals surface area contributed by atoms with E-state index in [2.05, 4.69) is 15.6 Å². The molecule has 1 heterocycles. The SMILES string of the molecule is CCNC(=NCC(C)Oc1cccc(C)c1)NC1CCS(=O)(=O)C1.I. The number of sulfone groups is 1. The minimum Gasteiger partial charge on any atom is -0.489 e. The lowest BCUT2D eigenvalue weighted by atomic mass is 10.2. The van der Waals surface area contributed by atoms with Crippen molar-refractivity contribution in [1.29, 1.82) is 0 Å². The van der Waals surface area contributed by atoms with E-state index < -0.39 is 9.84 Å². The van der Waals surface area contributed by atoms with E-state index in [0.29, 0.717) is 18.9 Å². The first-order chi connectivity index (χ1) is 11.4. The van der Waals surface area contributed by atoms with Gasteiger partial charge in [-0.2, -0.15) is 0 Å². The third-order valence-electron chi connectivity index (χ3n) is 3.75. The quantitative estimate of drug-likeness (QED) is 0.370. The highest BCUT2D eigenvalue weighted by Crippen LogP contribution is 2.14. The topological polar surface area (TPSA) is 79.8 Å². The van der Waals surface area contributed by atoms with Gasteiger partial charge in [0.25, 0.3) is 0 Å². The molecular weight excluding hydrogens is 453 g/mol. The molecule has 1 aromatic carbocycles. The van der Waals surface area contributed by atoms with Crippen LogP contribution in [0.25, 0.3) is 0 Å². The summed E-state index contributed by atoms with van der Waals surface area (Å²) in [5.74, 6) is 1.89. The molecule has 1 aliphatic heterocycles. The van der Waals surface area contributed by atoms with Gasteiger partial charge in [0.1, 0.15) is 11.9 Å². The van der Waals surface area contributed by atoms with Crippen LogP contribution in [-0.2, 0) is 9.84 Å². The lowest BCUT2D eigenvalue weighted by molar-refractivity contribution is 0.230. The summed E-state index contributed by atoms with van der Waals surface area (Å²) in [6.45, 7) is 7.18. The zero-order valence-corrected chi connectivity index (χ0v) is 18.1. The van der Waals surface area contributed by atoms with Gasteiger partial charge in [-0.05, 0) is 44.9 Å². The normalized spacial score (nSPS) is 20.4. The fourth-order valence-corrected chi connectivity index (χ4v) is 4.27. The molecule has 2 atom stereocenters. The Morgan fingerprint density at radius 1 is 1.44 bits per heavy atom. The zero-order chi connectivity index (χ0) is 17.6. The molecule has 0 spiro atoms. The van der Waals surface area contributed by atoms with E-state index >= 15 is 0 Å². The number of benzene rings is 1. The van der Waals surface area contributed by atoms with Crippen molar-refractivity contribution in [3.05, 3.63) is 29.8 Å². The molecule has 0 bridgehead atoms. The Morgan fingerprint density at radius 3 is 2.80 bits per heavy atom. The Kier molecular flexibility index (Phi) is 8.98. The smallest absolute Gasteiger partial charge is 0.191 e. The number of hydrogen-bond donors (Lipinski definition) is 2. The van der Waals surface area contributed by atoms with E-state index in [9.17, 15) is 8.42 Å². The Hall–Kier alpha value is -1.03. The second-order valence-corrected chi connectivity index (χ2v) is 8.44. The van der Waals surface area contributed by atoms with Gasteiger partial charge < -0.3 is 15.4 Å². The van der Waals surface area contributed by atoms with E-state index in [1.807, 2.05) is 45.0 Å². The fraction of sp³-hybridized carbons (Fsp3) is 0.588. The van der Waals surface area contributed by atoms with Crippen molar-refractivity contribution in [2.24, 2.45) is 4.99 Å². The van der Waals surface area contributed by atoms with Crippen LogP contribution < -0.4 is 15.4 Å². The van der Waals surface area contributed by atoms with Crippen molar-refractivity contribution < 1.29 is 13.2 Å². The number of halogens is 1. The molecule has 142 valence electrons. The number of aryl methyl sites for hydroxylation is 1. The van der Waals surface area contributed by atoms with Crippen LogP contribution in [-0.4, -0.2) is 51.1 Å². The van der Waals surface area contributed by atoms with Crippen molar-refractivity contribution in [1.82, 2.24) is 10.6 Å². The number of guanidine groups is 1. The first-order valence-electron chi connectivity index (χ1n) is 8.36. The molecule has 6 nitrogen and oxygen atoms in total. The Balaban J connectivity index is 0.00000312. The molecule has 0 saturated carbocycles. The number of hydrogen-bond acceptors (Lipinski definition) is 4. The predicted molar refractivity (Wildman–Crippen MR) is 113 cm³/mol. The van der Waals surface area contributed by atoms with Gasteiger partial charge >= 0.3 is 0 Å². The molecule has 1 fully saturated rings. The molecular formula is C17H28IN3O3S. The van der Waals surface area contributed by atoms with Gasteiger partial charge in [0, 0.05) is 12.6 Å². The Morgan fingerprint density at radius 2 is 2.20 bits per heavy atom. The van der Waals surface area contributed by atoms with Crippen molar-refractivity contribution in [2.75, 3.05) is 24.6 Å². The van der Waals surface area contributed by atoms with Crippen molar-refractivity contribution in [3.63, 3.8) is 0 Å². The van der Waals surface area contributed by atoms with Gasteiger partial charge in [-0.3, -0.25) is 0 Å². The number of rotatable bonds is 6. The largest absolute Gasteiger partial charge is 0.489 e. The highest BCUT2D eigenvalue weighted by atomic mass is 127. The standard InChI is InChI=1S/C17H27N3O3S.HI/c1-4-18-17(20-15-8-9-24(21,22)12-15)19-11-14(3)23-16-7-5-6-13(2)10-16;/h5-7,10,14-15H,4,8-9,11-12H2,1-3H3,(H2,18,19,20);1H. The van der Waals surface area contributed by atoms with Crippen molar-refractivity contribution in [2.45, 2.75) is 39.3 Å². The third kappa shape index (κ3) is 7.81. The Labute approximate surface area is 167 Å². The summed E-state index contributed by atoms with van der Waals surface area (Å²) in [5.41, 5.74) is 1.15. The number of ether oxygens (including phenoxy) is 1. The highest BCUT2D eigenvalue weighted by Gasteiger charge is 2.28. The van der Waals surface area contributed by atoms with Crippen molar-refractivity contribution >= 4 is 39.8 Å². The Bertz CT molecular complexity index is 679. The van der Waals surface area contributed by atoms with Crippen LogP contribution in [0.2, 0.25) is 0 Å². The van der Waals surface area contributed by atoms with E-state index in [-0.39, 0.29) is 47.6 Å². The van der Waals surface area contributed by atoms with E-state index in [1.165, 1.54) is 0 Å². The summed E-state index contributed by atoms with van der Waals surface area (Å²) in [7, 11) is -2.90. The first kappa shape index (κ1) is 22.0. The van der Waals surface area contributed by atoms with Crippen LogP contribution in [0.3, 0.4) is 0 Å². The maximum atomic E-state index is 11.6. The molecule has 0 amide bonds. The average Bonchev–Trinajstić information content (AvgIpc) is 2.84. The summed E-state index contributed by atoms with van der Waals surface area (Å²) < 4.78 is 29.0. The molecule has 2 N–H and O–H groups in total. The molecule has 2 unspecified atom stereocenters. The third-order valence-corrected chi connectivity index (χ3v) is 5.52. The van der Waals surface area contributed by atoms with Gasteiger partial charge in [-0.15, -0.1) is 24.0 Å². The fourth-order valence-electron chi connectivity index (χ4n) is 2.60. The summed E-state index contributed by atoms with van der Waals surface area (Å²) in [5, 5.41) is 6.36. The van der Waals surface area contributed by atoms with E-state index in [4.69, 9.17) is 4.74 Å². The lowest BCUT2D eigenvalue weighted by Crippen LogP contribution is -2.44. The van der Waals surface area contributed by atoms with Gasteiger partial charge in [0.15, 0.2) is 15.8 Å². The van der Waals surface area contributed by atoms with E-state index in [0.717, 1.165) is 17.9 Å². The molecule has 1 aliphatic rings. The van der Waals surface area contributed by atoms with Crippen LogP contribution in [0.5, 0.6) is 5.75 Å². The van der Waals surface area contributed by atoms with Crippen LogP contribution in [0.4, 0.5) is 0 Å². The minimum absolute atomic E-state index is 0. The molecule has 8 heteroatoms. The summed E-state index contributed by atoms with van der Waals surface area (Å²) in [6.07, 6.45) is 0.553. The molecule has 1 saturated heterocycles. The summed E-state index contributed by atoms with van der Waals surface area (Å²) in [6, 6.07) is 7.85. The van der Waals surface area contributed by atoms with Gasteiger partial charge in [-0.1, -0.05) is 12.1 Å². The predicted octanol–water partition coefficient (Wildman–Crippen LogP) is 2.12.